The zero-order valence-corrected chi connectivity index (χ0v) is 9.45. The summed E-state index contributed by atoms with van der Waals surface area (Å²) in [6.07, 6.45) is 5.35. The number of hydrogen-bond acceptors (Lipinski definition) is 2. The normalized spacial score (nSPS) is 37.6. The van der Waals surface area contributed by atoms with E-state index in [1.54, 1.807) is 7.05 Å². The van der Waals surface area contributed by atoms with Gasteiger partial charge in [0.1, 0.15) is 0 Å². The Hall–Kier alpha value is -0.770. The van der Waals surface area contributed by atoms with Crippen molar-refractivity contribution in [2.75, 3.05) is 20.1 Å². The standard InChI is InChI=1S/C11H21N3O/c1-13-10(12)14-7-6-11(15)5-3-2-4-9(11)8-14/h9,15H,2-8H2,1H3,(H2,12,13). The molecule has 15 heavy (non-hydrogen) atoms. The maximum atomic E-state index is 10.5. The van der Waals surface area contributed by atoms with Crippen LogP contribution in [-0.2, 0) is 0 Å². The molecule has 0 radical (unpaired) electrons. The number of nitrogens with two attached hydrogens (primary N) is 1. The van der Waals surface area contributed by atoms with Gasteiger partial charge in [-0.1, -0.05) is 12.8 Å². The summed E-state index contributed by atoms with van der Waals surface area (Å²) >= 11 is 0. The number of rotatable bonds is 0. The molecule has 1 aliphatic carbocycles. The molecule has 1 saturated heterocycles. The largest absolute Gasteiger partial charge is 0.389 e. The molecule has 0 aromatic rings. The zero-order chi connectivity index (χ0) is 10.9. The Morgan fingerprint density at radius 1 is 1.47 bits per heavy atom. The van der Waals surface area contributed by atoms with Gasteiger partial charge in [-0.25, -0.2) is 0 Å². The summed E-state index contributed by atoms with van der Waals surface area (Å²) in [4.78, 5) is 6.11. The molecular weight excluding hydrogens is 190 g/mol. The van der Waals surface area contributed by atoms with Crippen LogP contribution in [0.25, 0.3) is 0 Å². The summed E-state index contributed by atoms with van der Waals surface area (Å²) in [5.74, 6) is 1.00. The second-order valence-electron chi connectivity index (χ2n) is 4.82. The third kappa shape index (κ3) is 1.95. The fraction of sp³-hybridized carbons (Fsp3) is 0.909. The van der Waals surface area contributed by atoms with Crippen LogP contribution in [0.4, 0.5) is 0 Å². The van der Waals surface area contributed by atoms with Gasteiger partial charge < -0.3 is 15.7 Å². The molecule has 1 aliphatic heterocycles. The van der Waals surface area contributed by atoms with Crippen LogP contribution < -0.4 is 5.73 Å². The van der Waals surface area contributed by atoms with Gasteiger partial charge >= 0.3 is 0 Å². The topological polar surface area (TPSA) is 61.8 Å². The van der Waals surface area contributed by atoms with Crippen molar-refractivity contribution in [1.82, 2.24) is 4.90 Å². The van der Waals surface area contributed by atoms with Crippen LogP contribution in [0.15, 0.2) is 4.99 Å². The molecule has 0 bridgehead atoms. The lowest BCUT2D eigenvalue weighted by molar-refractivity contribution is -0.0841. The Labute approximate surface area is 91.2 Å². The van der Waals surface area contributed by atoms with Crippen LogP contribution in [0.3, 0.4) is 0 Å². The van der Waals surface area contributed by atoms with Gasteiger partial charge in [-0.05, 0) is 19.3 Å². The van der Waals surface area contributed by atoms with Gasteiger partial charge in [0, 0.05) is 26.1 Å². The highest BCUT2D eigenvalue weighted by molar-refractivity contribution is 5.78. The average molecular weight is 211 g/mol. The highest BCUT2D eigenvalue weighted by Gasteiger charge is 2.42. The van der Waals surface area contributed by atoms with E-state index in [1.165, 1.54) is 12.8 Å². The van der Waals surface area contributed by atoms with Crippen LogP contribution in [0.1, 0.15) is 32.1 Å². The number of guanidine groups is 1. The third-order valence-corrected chi connectivity index (χ3v) is 3.98. The molecule has 2 unspecified atom stereocenters. The lowest BCUT2D eigenvalue weighted by atomic mass is 9.71. The van der Waals surface area contributed by atoms with E-state index in [0.717, 1.165) is 32.4 Å². The Kier molecular flexibility index (Phi) is 2.87. The van der Waals surface area contributed by atoms with Crippen LogP contribution in [0.2, 0.25) is 0 Å². The number of fused-ring (bicyclic) bond motifs is 1. The monoisotopic (exact) mass is 211 g/mol. The lowest BCUT2D eigenvalue weighted by Gasteiger charge is -2.47. The van der Waals surface area contributed by atoms with E-state index in [-0.39, 0.29) is 0 Å². The minimum absolute atomic E-state index is 0.389. The SMILES string of the molecule is CN=C(N)N1CCC2(O)CCCCC2C1. The molecule has 0 aromatic carbocycles. The molecule has 2 atom stereocenters. The number of aliphatic hydroxyl groups is 1. The van der Waals surface area contributed by atoms with E-state index in [4.69, 9.17) is 5.73 Å². The van der Waals surface area contributed by atoms with E-state index in [1.807, 2.05) is 0 Å². The van der Waals surface area contributed by atoms with Gasteiger partial charge in [0.25, 0.3) is 0 Å². The summed E-state index contributed by atoms with van der Waals surface area (Å²) in [5, 5.41) is 10.5. The van der Waals surface area contributed by atoms with E-state index >= 15 is 0 Å². The number of nitrogens with zero attached hydrogens (tertiary/aromatic N) is 2. The fourth-order valence-corrected chi connectivity index (χ4v) is 2.92. The molecule has 1 saturated carbocycles. The number of likely N-dealkylation sites (tertiary alicyclic amines) is 1. The predicted octanol–water partition coefficient (Wildman–Crippen LogP) is 0.558. The highest BCUT2D eigenvalue weighted by atomic mass is 16.3. The Bertz CT molecular complexity index is 267. The zero-order valence-electron chi connectivity index (χ0n) is 9.45. The first-order valence-electron chi connectivity index (χ1n) is 5.85. The van der Waals surface area contributed by atoms with Crippen molar-refractivity contribution in [2.45, 2.75) is 37.7 Å². The molecule has 0 aromatic heterocycles. The molecule has 86 valence electrons. The Morgan fingerprint density at radius 3 is 3.00 bits per heavy atom. The van der Waals surface area contributed by atoms with Crippen molar-refractivity contribution in [3.63, 3.8) is 0 Å². The number of aliphatic imine (C=N–C) groups is 1. The van der Waals surface area contributed by atoms with Crippen molar-refractivity contribution >= 4 is 5.96 Å². The lowest BCUT2D eigenvalue weighted by Crippen LogP contribution is -2.56. The first-order valence-corrected chi connectivity index (χ1v) is 5.85. The summed E-state index contributed by atoms with van der Waals surface area (Å²) in [5.41, 5.74) is 5.39. The van der Waals surface area contributed by atoms with Crippen molar-refractivity contribution in [3.8, 4) is 0 Å². The maximum absolute atomic E-state index is 10.5. The minimum atomic E-state index is -0.414. The summed E-state index contributed by atoms with van der Waals surface area (Å²) in [7, 11) is 1.72. The van der Waals surface area contributed by atoms with Gasteiger partial charge in [0.2, 0.25) is 0 Å². The molecule has 0 amide bonds. The van der Waals surface area contributed by atoms with Crippen molar-refractivity contribution in [2.24, 2.45) is 16.6 Å². The van der Waals surface area contributed by atoms with Gasteiger partial charge in [-0.15, -0.1) is 0 Å². The van der Waals surface area contributed by atoms with E-state index < -0.39 is 5.60 Å². The van der Waals surface area contributed by atoms with Crippen molar-refractivity contribution in [3.05, 3.63) is 0 Å². The molecule has 1 heterocycles. The maximum Gasteiger partial charge on any atom is 0.190 e. The number of piperidine rings is 1. The molecule has 0 spiro atoms. The third-order valence-electron chi connectivity index (χ3n) is 3.98. The Morgan fingerprint density at radius 2 is 2.27 bits per heavy atom. The molecular formula is C11H21N3O. The average Bonchev–Trinajstić information content (AvgIpc) is 2.26. The van der Waals surface area contributed by atoms with Crippen LogP contribution in [-0.4, -0.2) is 41.7 Å². The van der Waals surface area contributed by atoms with E-state index in [9.17, 15) is 5.11 Å². The summed E-state index contributed by atoms with van der Waals surface area (Å²) in [6, 6.07) is 0. The van der Waals surface area contributed by atoms with E-state index in [0.29, 0.717) is 11.9 Å². The van der Waals surface area contributed by atoms with E-state index in [2.05, 4.69) is 9.89 Å². The summed E-state index contributed by atoms with van der Waals surface area (Å²) < 4.78 is 0. The molecule has 4 heteroatoms. The first kappa shape index (κ1) is 10.7. The first-order chi connectivity index (χ1) is 7.15. The number of hydrogen-bond donors (Lipinski definition) is 2. The molecule has 4 nitrogen and oxygen atoms in total. The van der Waals surface area contributed by atoms with Crippen molar-refractivity contribution < 1.29 is 5.11 Å². The molecule has 2 rings (SSSR count). The fourth-order valence-electron chi connectivity index (χ4n) is 2.92. The van der Waals surface area contributed by atoms with Crippen molar-refractivity contribution in [1.29, 1.82) is 0 Å². The van der Waals surface area contributed by atoms with Crippen LogP contribution >= 0.6 is 0 Å². The molecule has 3 N–H and O–H groups in total. The second kappa shape index (κ2) is 4.00. The second-order valence-corrected chi connectivity index (χ2v) is 4.82. The minimum Gasteiger partial charge on any atom is -0.389 e. The quantitative estimate of drug-likeness (QED) is 0.454. The van der Waals surface area contributed by atoms with Gasteiger partial charge in [0.05, 0.1) is 5.60 Å². The molecule has 2 aliphatic rings. The smallest absolute Gasteiger partial charge is 0.190 e. The van der Waals surface area contributed by atoms with Crippen LogP contribution in [0, 0.1) is 5.92 Å². The van der Waals surface area contributed by atoms with Gasteiger partial charge in [-0.3, -0.25) is 4.99 Å². The summed E-state index contributed by atoms with van der Waals surface area (Å²) in [6.45, 7) is 1.72. The van der Waals surface area contributed by atoms with Crippen LogP contribution in [0.5, 0.6) is 0 Å². The van der Waals surface area contributed by atoms with Gasteiger partial charge in [-0.2, -0.15) is 0 Å². The highest BCUT2D eigenvalue weighted by Crippen LogP contribution is 2.39. The Balaban J connectivity index is 2.05. The molecule has 2 fully saturated rings. The predicted molar refractivity (Wildman–Crippen MR) is 60.6 cm³/mol. The van der Waals surface area contributed by atoms with Gasteiger partial charge in [0.15, 0.2) is 5.96 Å².